The Kier molecular flexibility index (Phi) is 5.55. The zero-order chi connectivity index (χ0) is 16.1. The normalized spacial score (nSPS) is 12.1. The highest BCUT2D eigenvalue weighted by Crippen LogP contribution is 2.30. The molecule has 0 fully saturated rings. The molecule has 2 rings (SSSR count). The van der Waals surface area contributed by atoms with Gasteiger partial charge < -0.3 is 10.1 Å². The molecule has 0 bridgehead atoms. The van der Waals surface area contributed by atoms with Crippen LogP contribution in [0, 0.1) is 6.92 Å². The van der Waals surface area contributed by atoms with E-state index in [0.29, 0.717) is 4.88 Å². The monoisotopic (exact) mass is 319 g/mol. The van der Waals surface area contributed by atoms with Crippen LogP contribution in [0.3, 0.4) is 0 Å². The SMILES string of the molecule is CCCC(C)NC(=O)COC(=O)c1sc2ccccc2c1C. The molecule has 0 saturated carbocycles. The molecule has 0 radical (unpaired) electrons. The molecule has 0 aliphatic carbocycles. The van der Waals surface area contributed by atoms with Crippen LogP contribution in [0.5, 0.6) is 0 Å². The third-order valence-corrected chi connectivity index (χ3v) is 4.75. The third kappa shape index (κ3) is 3.85. The maximum atomic E-state index is 12.2. The van der Waals surface area contributed by atoms with Crippen molar-refractivity contribution < 1.29 is 14.3 Å². The van der Waals surface area contributed by atoms with E-state index in [1.807, 2.05) is 38.1 Å². The molecule has 0 spiro atoms. The van der Waals surface area contributed by atoms with Crippen LogP contribution in [-0.2, 0) is 9.53 Å². The maximum Gasteiger partial charge on any atom is 0.349 e. The van der Waals surface area contributed by atoms with Crippen LogP contribution in [0.2, 0.25) is 0 Å². The average molecular weight is 319 g/mol. The van der Waals surface area contributed by atoms with Crippen LogP contribution in [0.4, 0.5) is 0 Å². The summed E-state index contributed by atoms with van der Waals surface area (Å²) in [7, 11) is 0. The second kappa shape index (κ2) is 7.40. The van der Waals surface area contributed by atoms with Gasteiger partial charge >= 0.3 is 5.97 Å². The Hall–Kier alpha value is -1.88. The van der Waals surface area contributed by atoms with Gasteiger partial charge in [0.15, 0.2) is 6.61 Å². The number of benzene rings is 1. The summed E-state index contributed by atoms with van der Waals surface area (Å²) < 4.78 is 6.19. The van der Waals surface area contributed by atoms with Crippen LogP contribution in [0.1, 0.15) is 41.9 Å². The largest absolute Gasteiger partial charge is 0.451 e. The van der Waals surface area contributed by atoms with Crippen LogP contribution in [0.15, 0.2) is 24.3 Å². The minimum Gasteiger partial charge on any atom is -0.451 e. The fourth-order valence-electron chi connectivity index (χ4n) is 2.39. The van der Waals surface area contributed by atoms with Gasteiger partial charge in [-0.3, -0.25) is 4.79 Å². The van der Waals surface area contributed by atoms with Crippen molar-refractivity contribution in [2.75, 3.05) is 6.61 Å². The lowest BCUT2D eigenvalue weighted by Gasteiger charge is -2.12. The number of fused-ring (bicyclic) bond motifs is 1. The molecular weight excluding hydrogens is 298 g/mol. The second-order valence-corrected chi connectivity index (χ2v) is 6.44. The number of esters is 1. The highest BCUT2D eigenvalue weighted by molar-refractivity contribution is 7.21. The van der Waals surface area contributed by atoms with Crippen molar-refractivity contribution in [3.05, 3.63) is 34.7 Å². The minimum atomic E-state index is -0.433. The zero-order valence-corrected chi connectivity index (χ0v) is 14.0. The highest BCUT2D eigenvalue weighted by Gasteiger charge is 2.18. The molecule has 1 aromatic carbocycles. The summed E-state index contributed by atoms with van der Waals surface area (Å²) in [5, 5.41) is 3.87. The Morgan fingerprint density at radius 3 is 2.73 bits per heavy atom. The number of ether oxygens (including phenoxy) is 1. The number of carbonyl (C=O) groups is 2. The van der Waals surface area contributed by atoms with Gasteiger partial charge in [-0.05, 0) is 37.3 Å². The number of thiophene rings is 1. The summed E-state index contributed by atoms with van der Waals surface area (Å²) in [6, 6.07) is 7.94. The fourth-order valence-corrected chi connectivity index (χ4v) is 3.49. The van der Waals surface area contributed by atoms with Crippen LogP contribution in [0.25, 0.3) is 10.1 Å². The van der Waals surface area contributed by atoms with Crippen molar-refractivity contribution >= 4 is 33.3 Å². The topological polar surface area (TPSA) is 55.4 Å². The number of carbonyl (C=O) groups excluding carboxylic acids is 2. The Morgan fingerprint density at radius 1 is 1.32 bits per heavy atom. The van der Waals surface area contributed by atoms with Crippen LogP contribution in [-0.4, -0.2) is 24.5 Å². The summed E-state index contributed by atoms with van der Waals surface area (Å²) >= 11 is 1.40. The number of rotatable bonds is 6. The first-order valence-corrected chi connectivity index (χ1v) is 8.29. The van der Waals surface area contributed by atoms with Gasteiger partial charge in [0.25, 0.3) is 5.91 Å². The summed E-state index contributed by atoms with van der Waals surface area (Å²) in [6.45, 7) is 5.67. The van der Waals surface area contributed by atoms with E-state index in [0.717, 1.165) is 28.5 Å². The van der Waals surface area contributed by atoms with E-state index in [4.69, 9.17) is 4.74 Å². The number of hydrogen-bond acceptors (Lipinski definition) is 4. The van der Waals surface area contributed by atoms with Gasteiger partial charge in [0.2, 0.25) is 0 Å². The van der Waals surface area contributed by atoms with Crippen molar-refractivity contribution in [2.45, 2.75) is 39.7 Å². The van der Waals surface area contributed by atoms with Gasteiger partial charge in [-0.1, -0.05) is 31.5 Å². The van der Waals surface area contributed by atoms with Gasteiger partial charge in [0, 0.05) is 10.7 Å². The smallest absolute Gasteiger partial charge is 0.349 e. The quantitative estimate of drug-likeness (QED) is 0.827. The predicted molar refractivity (Wildman–Crippen MR) is 89.4 cm³/mol. The van der Waals surface area contributed by atoms with Crippen molar-refractivity contribution in [3.8, 4) is 0 Å². The molecule has 1 amide bonds. The molecule has 0 aliphatic heterocycles. The first kappa shape index (κ1) is 16.5. The van der Waals surface area contributed by atoms with Gasteiger partial charge in [0.1, 0.15) is 4.88 Å². The Labute approximate surface area is 134 Å². The molecule has 1 unspecified atom stereocenters. The lowest BCUT2D eigenvalue weighted by atomic mass is 10.1. The lowest BCUT2D eigenvalue weighted by molar-refractivity contribution is -0.124. The van der Waals surface area contributed by atoms with Gasteiger partial charge in [-0.25, -0.2) is 4.79 Å². The molecule has 1 aromatic heterocycles. The number of nitrogens with one attached hydrogen (secondary N) is 1. The van der Waals surface area contributed by atoms with Crippen molar-refractivity contribution in [2.24, 2.45) is 0 Å². The minimum absolute atomic E-state index is 0.0993. The summed E-state index contributed by atoms with van der Waals surface area (Å²) in [5.41, 5.74) is 0.908. The average Bonchev–Trinajstić information content (AvgIpc) is 2.83. The molecule has 5 heteroatoms. The van der Waals surface area contributed by atoms with E-state index in [2.05, 4.69) is 12.2 Å². The van der Waals surface area contributed by atoms with Crippen molar-refractivity contribution in [3.63, 3.8) is 0 Å². The van der Waals surface area contributed by atoms with Gasteiger partial charge in [0.05, 0.1) is 0 Å². The fraction of sp³-hybridized carbons (Fsp3) is 0.412. The second-order valence-electron chi connectivity index (χ2n) is 5.39. The molecule has 2 aromatic rings. The first-order valence-electron chi connectivity index (χ1n) is 7.47. The molecule has 0 aliphatic rings. The molecule has 4 nitrogen and oxygen atoms in total. The highest BCUT2D eigenvalue weighted by atomic mass is 32.1. The third-order valence-electron chi connectivity index (χ3n) is 3.49. The van der Waals surface area contributed by atoms with Crippen LogP contribution >= 0.6 is 11.3 Å². The number of aryl methyl sites for hydroxylation is 1. The molecule has 1 N–H and O–H groups in total. The van der Waals surface area contributed by atoms with E-state index in [1.54, 1.807) is 0 Å². The van der Waals surface area contributed by atoms with E-state index in [9.17, 15) is 9.59 Å². The molecule has 1 atom stereocenters. The van der Waals surface area contributed by atoms with Gasteiger partial charge in [-0.15, -0.1) is 11.3 Å². The summed E-state index contributed by atoms with van der Waals surface area (Å²) in [5.74, 6) is -0.690. The predicted octanol–water partition coefficient (Wildman–Crippen LogP) is 3.67. The Morgan fingerprint density at radius 2 is 2.05 bits per heavy atom. The Bertz CT molecular complexity index is 678. The van der Waals surface area contributed by atoms with Gasteiger partial charge in [-0.2, -0.15) is 0 Å². The zero-order valence-electron chi connectivity index (χ0n) is 13.1. The number of hydrogen-bond donors (Lipinski definition) is 1. The summed E-state index contributed by atoms with van der Waals surface area (Å²) in [4.78, 5) is 24.5. The molecular formula is C17H21NO3S. The van der Waals surface area contributed by atoms with E-state index >= 15 is 0 Å². The molecule has 0 saturated heterocycles. The first-order chi connectivity index (χ1) is 10.5. The lowest BCUT2D eigenvalue weighted by Crippen LogP contribution is -2.35. The standard InChI is InChI=1S/C17H21NO3S/c1-4-7-11(2)18-15(19)10-21-17(20)16-12(3)13-8-5-6-9-14(13)22-16/h5-6,8-9,11H,4,7,10H2,1-3H3,(H,18,19). The van der Waals surface area contributed by atoms with E-state index in [-0.39, 0.29) is 18.6 Å². The summed E-state index contributed by atoms with van der Waals surface area (Å²) in [6.07, 6.45) is 1.91. The molecule has 22 heavy (non-hydrogen) atoms. The van der Waals surface area contributed by atoms with Crippen molar-refractivity contribution in [1.82, 2.24) is 5.32 Å². The number of amides is 1. The van der Waals surface area contributed by atoms with E-state index in [1.165, 1.54) is 11.3 Å². The Balaban J connectivity index is 1.97. The maximum absolute atomic E-state index is 12.2. The van der Waals surface area contributed by atoms with Crippen molar-refractivity contribution in [1.29, 1.82) is 0 Å². The van der Waals surface area contributed by atoms with Crippen LogP contribution < -0.4 is 5.32 Å². The molecule has 118 valence electrons. The molecule has 1 heterocycles. The van der Waals surface area contributed by atoms with E-state index < -0.39 is 5.97 Å².